The Morgan fingerprint density at radius 2 is 1.83 bits per heavy atom. The molecule has 3 aromatic rings. The molecule has 2 amide bonds. The lowest BCUT2D eigenvalue weighted by molar-refractivity contribution is -0.114. The fourth-order valence-electron chi connectivity index (χ4n) is 3.74. The second-order valence-corrected chi connectivity index (χ2v) is 8.47. The molecule has 1 aromatic carbocycles. The zero-order valence-electron chi connectivity index (χ0n) is 19.4. The minimum Gasteiger partial charge on any atom is -0.382 e. The molecule has 0 spiro atoms. The van der Waals surface area contributed by atoms with Crippen LogP contribution in [-0.2, 0) is 4.79 Å². The molecule has 1 fully saturated rings. The van der Waals surface area contributed by atoms with Crippen LogP contribution >= 0.6 is 25.0 Å². The molecule has 0 saturated carbocycles. The molecule has 186 valence electrons. The van der Waals surface area contributed by atoms with E-state index in [-0.39, 0.29) is 41.4 Å². The summed E-state index contributed by atoms with van der Waals surface area (Å²) in [6.45, 7) is 4.15. The van der Waals surface area contributed by atoms with Gasteiger partial charge in [0.25, 0.3) is 5.91 Å². The topological polar surface area (TPSA) is 150 Å². The Morgan fingerprint density at radius 3 is 2.47 bits per heavy atom. The van der Waals surface area contributed by atoms with Crippen molar-refractivity contribution in [2.75, 3.05) is 37.2 Å². The first kappa shape index (κ1) is 26.9. The Morgan fingerprint density at radius 1 is 1.14 bits per heavy atom. The fraction of sp³-hybridized carbons (Fsp3) is 0.250. The van der Waals surface area contributed by atoms with E-state index in [4.69, 9.17) is 5.73 Å². The van der Waals surface area contributed by atoms with Crippen molar-refractivity contribution in [2.45, 2.75) is 12.2 Å². The monoisotopic (exact) mass is 524 g/mol. The van der Waals surface area contributed by atoms with E-state index in [1.54, 1.807) is 47.4 Å². The maximum Gasteiger partial charge on any atom is 0.272 e. The number of nitriles is 1. The lowest BCUT2D eigenvalue weighted by Gasteiger charge is -2.27. The molecule has 4 rings (SSSR count). The summed E-state index contributed by atoms with van der Waals surface area (Å²) in [5.74, 6) is -0.0585. The SMILES string of the molecule is CC(=O)Nc1ccc(-c2nc(C(S)c3cccc(C(=O)N4CCNCC4)n3)nc(N)c2C#N)cc1.Cl. The third-order valence-electron chi connectivity index (χ3n) is 5.46. The van der Waals surface area contributed by atoms with E-state index in [2.05, 4.69) is 44.3 Å². The number of thiol groups is 1. The van der Waals surface area contributed by atoms with Gasteiger partial charge in [-0.3, -0.25) is 9.59 Å². The van der Waals surface area contributed by atoms with Crippen LogP contribution in [0.15, 0.2) is 42.5 Å². The zero-order chi connectivity index (χ0) is 24.9. The summed E-state index contributed by atoms with van der Waals surface area (Å²) in [6.07, 6.45) is 0. The van der Waals surface area contributed by atoms with E-state index in [0.717, 1.165) is 13.1 Å². The number of halogens is 1. The third kappa shape index (κ3) is 5.91. The van der Waals surface area contributed by atoms with Crippen molar-refractivity contribution in [1.82, 2.24) is 25.2 Å². The van der Waals surface area contributed by atoms with Crippen LogP contribution in [0.3, 0.4) is 0 Å². The number of piperazine rings is 1. The van der Waals surface area contributed by atoms with E-state index >= 15 is 0 Å². The molecule has 1 saturated heterocycles. The first-order valence-electron chi connectivity index (χ1n) is 11.0. The van der Waals surface area contributed by atoms with Crippen molar-refractivity contribution < 1.29 is 9.59 Å². The average molecular weight is 525 g/mol. The Kier molecular flexibility index (Phi) is 8.82. The summed E-state index contributed by atoms with van der Waals surface area (Å²) in [7, 11) is 0. The van der Waals surface area contributed by atoms with Crippen LogP contribution in [-0.4, -0.2) is 57.8 Å². The van der Waals surface area contributed by atoms with Gasteiger partial charge in [-0.15, -0.1) is 12.4 Å². The molecule has 0 bridgehead atoms. The van der Waals surface area contributed by atoms with Crippen molar-refractivity contribution >= 4 is 48.4 Å². The molecule has 0 radical (unpaired) electrons. The highest BCUT2D eigenvalue weighted by molar-refractivity contribution is 7.80. The molecule has 12 heteroatoms. The number of carbonyl (C=O) groups excluding carboxylic acids is 2. The molecule has 3 heterocycles. The summed E-state index contributed by atoms with van der Waals surface area (Å²) < 4.78 is 0. The van der Waals surface area contributed by atoms with E-state index in [1.165, 1.54) is 6.92 Å². The number of carbonyl (C=O) groups is 2. The predicted molar refractivity (Wildman–Crippen MR) is 142 cm³/mol. The van der Waals surface area contributed by atoms with Gasteiger partial charge in [0, 0.05) is 44.4 Å². The lowest BCUT2D eigenvalue weighted by Crippen LogP contribution is -2.46. The quantitative estimate of drug-likeness (QED) is 0.372. The highest BCUT2D eigenvalue weighted by Crippen LogP contribution is 2.31. The molecular formula is C24H25ClN8O2S. The molecule has 1 unspecified atom stereocenters. The molecule has 36 heavy (non-hydrogen) atoms. The lowest BCUT2D eigenvalue weighted by atomic mass is 10.1. The Balaban J connectivity index is 0.00000361. The summed E-state index contributed by atoms with van der Waals surface area (Å²) in [6, 6.07) is 14.1. The number of pyridine rings is 1. The van der Waals surface area contributed by atoms with Crippen LogP contribution < -0.4 is 16.4 Å². The van der Waals surface area contributed by atoms with Gasteiger partial charge in [0.15, 0.2) is 0 Å². The number of nitrogens with two attached hydrogens (primary N) is 1. The van der Waals surface area contributed by atoms with Gasteiger partial charge in [-0.25, -0.2) is 15.0 Å². The normalized spacial score (nSPS) is 13.8. The van der Waals surface area contributed by atoms with E-state index < -0.39 is 5.25 Å². The first-order chi connectivity index (χ1) is 16.9. The number of nitrogens with zero attached hydrogens (tertiary/aromatic N) is 5. The van der Waals surface area contributed by atoms with Gasteiger partial charge in [-0.1, -0.05) is 18.2 Å². The number of rotatable bonds is 5. The number of amides is 2. The van der Waals surface area contributed by atoms with Crippen molar-refractivity contribution in [3.63, 3.8) is 0 Å². The minimum absolute atomic E-state index is 0. The summed E-state index contributed by atoms with van der Waals surface area (Å²) in [5.41, 5.74) is 8.64. The van der Waals surface area contributed by atoms with Crippen molar-refractivity contribution in [2.24, 2.45) is 0 Å². The van der Waals surface area contributed by atoms with Crippen LogP contribution in [0, 0.1) is 11.3 Å². The third-order valence-corrected chi connectivity index (χ3v) is 5.96. The smallest absolute Gasteiger partial charge is 0.272 e. The molecule has 1 atom stereocenters. The first-order valence-corrected chi connectivity index (χ1v) is 11.5. The highest BCUT2D eigenvalue weighted by Gasteiger charge is 2.23. The molecule has 0 aliphatic carbocycles. The van der Waals surface area contributed by atoms with Crippen LogP contribution in [0.5, 0.6) is 0 Å². The van der Waals surface area contributed by atoms with Crippen LogP contribution in [0.25, 0.3) is 11.3 Å². The largest absolute Gasteiger partial charge is 0.382 e. The van der Waals surface area contributed by atoms with Crippen molar-refractivity contribution in [3.8, 4) is 17.3 Å². The summed E-state index contributed by atoms with van der Waals surface area (Å²) in [5, 5.41) is 14.9. The van der Waals surface area contributed by atoms with Gasteiger partial charge < -0.3 is 21.3 Å². The second-order valence-electron chi connectivity index (χ2n) is 7.95. The number of hydrogen-bond donors (Lipinski definition) is 4. The number of anilines is 2. The fourth-order valence-corrected chi connectivity index (χ4v) is 4.00. The molecule has 10 nitrogen and oxygen atoms in total. The summed E-state index contributed by atoms with van der Waals surface area (Å²) in [4.78, 5) is 39.3. The average Bonchev–Trinajstić information content (AvgIpc) is 2.88. The molecule has 2 aromatic heterocycles. The minimum atomic E-state index is -0.682. The maximum absolute atomic E-state index is 12.9. The van der Waals surface area contributed by atoms with Gasteiger partial charge in [-0.05, 0) is 24.3 Å². The molecular weight excluding hydrogens is 500 g/mol. The van der Waals surface area contributed by atoms with E-state index in [1.807, 2.05) is 0 Å². The second kappa shape index (κ2) is 11.8. The Bertz CT molecular complexity index is 1310. The number of nitrogen functional groups attached to an aromatic ring is 1. The molecule has 1 aliphatic heterocycles. The Hall–Kier alpha value is -3.72. The standard InChI is InChI=1S/C24H24N8O2S.ClH/c1-14(33)28-16-7-5-15(6-8-16)20-17(13-25)22(26)31-23(30-20)21(35)18-3-2-4-19(29-18)24(34)32-11-9-27-10-12-32;/h2-8,21,27,35H,9-12H2,1H3,(H,28,33)(H2,26,30,31);1H. The van der Waals surface area contributed by atoms with Gasteiger partial charge in [0.2, 0.25) is 5.91 Å². The van der Waals surface area contributed by atoms with E-state index in [9.17, 15) is 14.9 Å². The number of hydrogen-bond acceptors (Lipinski definition) is 9. The van der Waals surface area contributed by atoms with Crippen LogP contribution in [0.1, 0.15) is 39.7 Å². The maximum atomic E-state index is 12.9. The van der Waals surface area contributed by atoms with Crippen LogP contribution in [0.2, 0.25) is 0 Å². The van der Waals surface area contributed by atoms with Crippen molar-refractivity contribution in [3.05, 3.63) is 65.2 Å². The highest BCUT2D eigenvalue weighted by atomic mass is 35.5. The van der Waals surface area contributed by atoms with E-state index in [0.29, 0.717) is 41.4 Å². The Labute approximate surface area is 220 Å². The number of nitrogens with one attached hydrogen (secondary N) is 2. The van der Waals surface area contributed by atoms with Gasteiger partial charge in [0.05, 0.1) is 11.4 Å². The zero-order valence-corrected chi connectivity index (χ0v) is 21.1. The van der Waals surface area contributed by atoms with Crippen LogP contribution in [0.4, 0.5) is 11.5 Å². The van der Waals surface area contributed by atoms with Gasteiger partial charge in [0.1, 0.15) is 34.2 Å². The van der Waals surface area contributed by atoms with Crippen molar-refractivity contribution in [1.29, 1.82) is 5.26 Å². The number of benzene rings is 1. The molecule has 4 N–H and O–H groups in total. The molecule has 1 aliphatic rings. The van der Waals surface area contributed by atoms with Gasteiger partial charge in [-0.2, -0.15) is 17.9 Å². The summed E-state index contributed by atoms with van der Waals surface area (Å²) >= 11 is 4.67. The number of aromatic nitrogens is 3. The van der Waals surface area contributed by atoms with Gasteiger partial charge >= 0.3 is 0 Å². The predicted octanol–water partition coefficient (Wildman–Crippen LogP) is 2.44.